The fourth-order valence-corrected chi connectivity index (χ4v) is 5.25. The van der Waals surface area contributed by atoms with Crippen molar-refractivity contribution in [2.45, 2.75) is 69.9 Å². The third kappa shape index (κ3) is 7.14. The first-order chi connectivity index (χ1) is 19.8. The Morgan fingerprint density at radius 2 is 1.80 bits per heavy atom. The van der Waals surface area contributed by atoms with Crippen molar-refractivity contribution in [1.82, 2.24) is 24.5 Å². The third-order valence-corrected chi connectivity index (χ3v) is 7.32. The summed E-state index contributed by atoms with van der Waals surface area (Å²) in [6, 6.07) is 13.6. The lowest BCUT2D eigenvalue weighted by molar-refractivity contribution is -0.138. The zero-order valence-electron chi connectivity index (χ0n) is 22.6. The lowest BCUT2D eigenvalue weighted by atomic mass is 9.85. The molecule has 1 N–H and O–H groups in total. The van der Waals surface area contributed by atoms with Gasteiger partial charge in [-0.15, -0.1) is 5.10 Å². The van der Waals surface area contributed by atoms with Gasteiger partial charge in [-0.05, 0) is 55.5 Å². The van der Waals surface area contributed by atoms with Gasteiger partial charge in [0, 0.05) is 36.5 Å². The molecule has 1 aliphatic rings. The van der Waals surface area contributed by atoms with E-state index >= 15 is 0 Å². The molecule has 216 valence electrons. The first-order valence-corrected chi connectivity index (χ1v) is 13.9. The minimum absolute atomic E-state index is 0.0142. The van der Waals surface area contributed by atoms with Crippen LogP contribution in [-0.2, 0) is 23.8 Å². The van der Waals surface area contributed by atoms with Gasteiger partial charge in [-0.3, -0.25) is 4.79 Å². The van der Waals surface area contributed by atoms with Crippen LogP contribution in [0, 0.1) is 0 Å². The Balaban J connectivity index is 1.28. The molecule has 0 radical (unpaired) electrons. The number of carbonyl (C=O) groups is 1. The molecule has 5 rings (SSSR count). The maximum Gasteiger partial charge on any atom is 0.417 e. The van der Waals surface area contributed by atoms with E-state index in [1.807, 2.05) is 36.5 Å². The Bertz CT molecular complexity index is 1440. The zero-order valence-corrected chi connectivity index (χ0v) is 22.6. The molecule has 0 aliphatic heterocycles. The average Bonchev–Trinajstić information content (AvgIpc) is 3.59. The number of para-hydroxylation sites is 1. The Labute approximate surface area is 235 Å². The van der Waals surface area contributed by atoms with Crippen LogP contribution in [0.1, 0.15) is 73.4 Å². The van der Waals surface area contributed by atoms with Gasteiger partial charge in [0.1, 0.15) is 0 Å². The summed E-state index contributed by atoms with van der Waals surface area (Å²) in [5.41, 5.74) is 2.80. The van der Waals surface area contributed by atoms with Crippen LogP contribution in [0.3, 0.4) is 0 Å². The molecule has 3 aromatic heterocycles. The standard InChI is InChI=1S/C30H32F3N5O3/c31-30(32,33)23-13-15-26(34-19-23)37-20-22(29(36-37)21-8-3-1-4-9-21)10-7-17-41-27-18-25(14-16-28(39)40)38(35-27)24-11-5-2-6-12-24/h2,5-6,11-13,15,18-21H,1,3-4,7-10,14,16-17H2,(H,39,40). The van der Waals surface area contributed by atoms with Crippen LogP contribution < -0.4 is 4.74 Å². The number of aliphatic carboxylic acids is 1. The smallest absolute Gasteiger partial charge is 0.417 e. The van der Waals surface area contributed by atoms with Crippen molar-refractivity contribution < 1.29 is 27.8 Å². The number of hydrogen-bond donors (Lipinski definition) is 1. The van der Waals surface area contributed by atoms with E-state index in [2.05, 4.69) is 10.1 Å². The highest BCUT2D eigenvalue weighted by atomic mass is 19.4. The SMILES string of the molecule is O=C(O)CCc1cc(OCCCc2cn(-c3ccc(C(F)(F)F)cn3)nc2C2CCCCC2)nn1-c1ccccc1. The molecule has 0 bridgehead atoms. The number of halogens is 3. The highest BCUT2D eigenvalue weighted by Gasteiger charge is 2.31. The van der Waals surface area contributed by atoms with E-state index < -0.39 is 17.7 Å². The quantitative estimate of drug-likeness (QED) is 0.207. The van der Waals surface area contributed by atoms with E-state index in [4.69, 9.17) is 14.9 Å². The van der Waals surface area contributed by atoms with Gasteiger partial charge in [-0.25, -0.2) is 14.3 Å². The normalized spacial score (nSPS) is 14.3. The number of ether oxygens (including phenoxy) is 1. The van der Waals surface area contributed by atoms with Crippen LogP contribution in [0.4, 0.5) is 13.2 Å². The highest BCUT2D eigenvalue weighted by Crippen LogP contribution is 2.35. The van der Waals surface area contributed by atoms with Crippen LogP contribution in [0.15, 0.2) is 60.9 Å². The Kier molecular flexibility index (Phi) is 8.70. The van der Waals surface area contributed by atoms with Crippen molar-refractivity contribution in [1.29, 1.82) is 0 Å². The minimum atomic E-state index is -4.44. The lowest BCUT2D eigenvalue weighted by Gasteiger charge is -2.21. The van der Waals surface area contributed by atoms with Gasteiger partial charge in [0.15, 0.2) is 5.82 Å². The number of nitrogens with zero attached hydrogens (tertiary/aromatic N) is 5. The summed E-state index contributed by atoms with van der Waals surface area (Å²) in [6.07, 6.45) is 5.47. The summed E-state index contributed by atoms with van der Waals surface area (Å²) in [7, 11) is 0. The van der Waals surface area contributed by atoms with Crippen LogP contribution >= 0.6 is 0 Å². The number of pyridine rings is 1. The molecule has 0 amide bonds. The van der Waals surface area contributed by atoms with E-state index in [1.165, 1.54) is 12.5 Å². The summed E-state index contributed by atoms with van der Waals surface area (Å²) in [4.78, 5) is 15.2. The van der Waals surface area contributed by atoms with Gasteiger partial charge in [0.2, 0.25) is 5.88 Å². The number of carboxylic acids is 1. The Hall–Kier alpha value is -4.15. The van der Waals surface area contributed by atoms with Crippen molar-refractivity contribution in [3.05, 3.63) is 83.4 Å². The number of hydrogen-bond acceptors (Lipinski definition) is 5. The molecule has 3 heterocycles. The predicted molar refractivity (Wildman–Crippen MR) is 146 cm³/mol. The van der Waals surface area contributed by atoms with Crippen molar-refractivity contribution in [2.75, 3.05) is 6.61 Å². The van der Waals surface area contributed by atoms with Crippen molar-refractivity contribution in [3.8, 4) is 17.4 Å². The van der Waals surface area contributed by atoms with E-state index in [-0.39, 0.29) is 6.42 Å². The molecule has 0 spiro atoms. The molecular formula is C30H32F3N5O3. The molecule has 41 heavy (non-hydrogen) atoms. The summed E-state index contributed by atoms with van der Waals surface area (Å²) < 4.78 is 48.3. The van der Waals surface area contributed by atoms with Gasteiger partial charge >= 0.3 is 12.1 Å². The number of rotatable bonds is 11. The zero-order chi connectivity index (χ0) is 28.8. The third-order valence-electron chi connectivity index (χ3n) is 7.32. The second kappa shape index (κ2) is 12.6. The Morgan fingerprint density at radius 1 is 1.02 bits per heavy atom. The molecule has 0 atom stereocenters. The fourth-order valence-electron chi connectivity index (χ4n) is 5.25. The highest BCUT2D eigenvalue weighted by molar-refractivity contribution is 5.67. The van der Waals surface area contributed by atoms with Crippen LogP contribution in [0.5, 0.6) is 5.88 Å². The van der Waals surface area contributed by atoms with Crippen LogP contribution in [0.2, 0.25) is 0 Å². The van der Waals surface area contributed by atoms with E-state index in [1.54, 1.807) is 15.4 Å². The van der Waals surface area contributed by atoms with Crippen LogP contribution in [-0.4, -0.2) is 42.2 Å². The second-order valence-corrected chi connectivity index (χ2v) is 10.3. The number of alkyl halides is 3. The van der Waals surface area contributed by atoms with E-state index in [9.17, 15) is 18.0 Å². The molecule has 1 saturated carbocycles. The molecule has 8 nitrogen and oxygen atoms in total. The van der Waals surface area contributed by atoms with Gasteiger partial charge in [-0.2, -0.15) is 18.3 Å². The lowest BCUT2D eigenvalue weighted by Crippen LogP contribution is -2.09. The summed E-state index contributed by atoms with van der Waals surface area (Å²) >= 11 is 0. The van der Waals surface area contributed by atoms with Gasteiger partial charge in [-0.1, -0.05) is 37.5 Å². The maximum absolute atomic E-state index is 13.0. The maximum atomic E-state index is 13.0. The molecule has 1 aromatic carbocycles. The minimum Gasteiger partial charge on any atom is -0.481 e. The number of aryl methyl sites for hydroxylation is 2. The monoisotopic (exact) mass is 567 g/mol. The van der Waals surface area contributed by atoms with Gasteiger partial charge in [0.05, 0.1) is 30.0 Å². The summed E-state index contributed by atoms with van der Waals surface area (Å²) in [6.45, 7) is 0.387. The second-order valence-electron chi connectivity index (χ2n) is 10.3. The van der Waals surface area contributed by atoms with Crippen molar-refractivity contribution in [2.24, 2.45) is 0 Å². The van der Waals surface area contributed by atoms with E-state index in [0.29, 0.717) is 43.5 Å². The number of aromatic nitrogens is 5. The molecule has 1 aliphatic carbocycles. The van der Waals surface area contributed by atoms with Crippen molar-refractivity contribution in [3.63, 3.8) is 0 Å². The Morgan fingerprint density at radius 3 is 2.49 bits per heavy atom. The first-order valence-electron chi connectivity index (χ1n) is 13.9. The van der Waals surface area contributed by atoms with E-state index in [0.717, 1.165) is 60.6 Å². The van der Waals surface area contributed by atoms with Crippen molar-refractivity contribution >= 4 is 5.97 Å². The topological polar surface area (TPSA) is 95.1 Å². The molecule has 11 heteroatoms. The predicted octanol–water partition coefficient (Wildman–Crippen LogP) is 6.55. The van der Waals surface area contributed by atoms with Gasteiger partial charge < -0.3 is 9.84 Å². The first kappa shape index (κ1) is 28.4. The molecule has 0 saturated heterocycles. The van der Waals surface area contributed by atoms with Gasteiger partial charge in [0.25, 0.3) is 0 Å². The largest absolute Gasteiger partial charge is 0.481 e. The summed E-state index contributed by atoms with van der Waals surface area (Å²) in [5.74, 6) is 0.201. The molecule has 1 fully saturated rings. The molecular weight excluding hydrogens is 535 g/mol. The van der Waals surface area contributed by atoms with Crippen LogP contribution in [0.25, 0.3) is 11.5 Å². The number of carboxylic acid groups (broad SMARTS) is 1. The number of benzene rings is 1. The average molecular weight is 568 g/mol. The molecule has 0 unspecified atom stereocenters. The summed E-state index contributed by atoms with van der Waals surface area (Å²) in [5, 5.41) is 18.5. The fraction of sp³-hybridized carbons (Fsp3) is 0.400. The molecule has 4 aromatic rings.